The largest absolute Gasteiger partial charge is 0.507 e. The first-order valence-corrected chi connectivity index (χ1v) is 8.20. The van der Waals surface area contributed by atoms with Crippen LogP contribution in [0.1, 0.15) is 57.6 Å². The smallest absolute Gasteiger partial charge is 0.124 e. The van der Waals surface area contributed by atoms with Gasteiger partial charge in [0.05, 0.1) is 7.11 Å². The highest BCUT2D eigenvalue weighted by molar-refractivity contribution is 5.41. The average molecular weight is 291 g/mol. The fourth-order valence-corrected chi connectivity index (χ4v) is 3.25. The molecule has 1 saturated carbocycles. The zero-order valence-corrected chi connectivity index (χ0v) is 13.6. The number of nitrogens with one attached hydrogen (secondary N) is 1. The number of ether oxygens (including phenoxy) is 1. The van der Waals surface area contributed by atoms with Gasteiger partial charge in [0, 0.05) is 17.7 Å². The molecule has 2 N–H and O–H groups in total. The molecule has 1 aliphatic rings. The fourth-order valence-electron chi connectivity index (χ4n) is 3.25. The van der Waals surface area contributed by atoms with E-state index in [0.717, 1.165) is 23.9 Å². The first-order valence-electron chi connectivity index (χ1n) is 8.20. The number of phenolic OH excluding ortho intramolecular Hbond substituents is 1. The lowest BCUT2D eigenvalue weighted by molar-refractivity contribution is 0.273. The van der Waals surface area contributed by atoms with Gasteiger partial charge in [-0.25, -0.2) is 0 Å². The first-order chi connectivity index (χ1) is 10.1. The van der Waals surface area contributed by atoms with Crippen molar-refractivity contribution in [3.8, 4) is 11.5 Å². The second kappa shape index (κ2) is 7.69. The molecule has 1 aromatic rings. The topological polar surface area (TPSA) is 41.5 Å². The molecule has 0 aromatic heterocycles. The highest BCUT2D eigenvalue weighted by atomic mass is 16.5. The number of hydrogen-bond acceptors (Lipinski definition) is 3. The van der Waals surface area contributed by atoms with E-state index < -0.39 is 0 Å². The molecule has 0 saturated heterocycles. The summed E-state index contributed by atoms with van der Waals surface area (Å²) < 4.78 is 5.12. The van der Waals surface area contributed by atoms with E-state index in [1.807, 2.05) is 12.1 Å². The number of benzene rings is 1. The molecule has 0 heterocycles. The molecule has 2 rings (SSSR count). The molecule has 21 heavy (non-hydrogen) atoms. The Kier molecular flexibility index (Phi) is 5.92. The van der Waals surface area contributed by atoms with E-state index in [1.54, 1.807) is 13.2 Å². The van der Waals surface area contributed by atoms with Crippen molar-refractivity contribution < 1.29 is 9.84 Å². The van der Waals surface area contributed by atoms with E-state index in [4.69, 9.17) is 4.74 Å². The van der Waals surface area contributed by atoms with Crippen molar-refractivity contribution in [1.82, 2.24) is 5.32 Å². The maximum atomic E-state index is 10.1. The van der Waals surface area contributed by atoms with Crippen LogP contribution in [0.3, 0.4) is 0 Å². The van der Waals surface area contributed by atoms with Crippen molar-refractivity contribution in [1.29, 1.82) is 0 Å². The Labute approximate surface area is 128 Å². The second-order valence-corrected chi connectivity index (χ2v) is 6.52. The van der Waals surface area contributed by atoms with E-state index in [2.05, 4.69) is 19.2 Å². The Hall–Kier alpha value is -1.22. The van der Waals surface area contributed by atoms with Gasteiger partial charge in [0.15, 0.2) is 0 Å². The number of rotatable bonds is 6. The van der Waals surface area contributed by atoms with Crippen LogP contribution in [0.2, 0.25) is 0 Å². The number of hydrogen-bond donors (Lipinski definition) is 2. The molecule has 118 valence electrons. The van der Waals surface area contributed by atoms with Crippen LogP contribution in [0.5, 0.6) is 11.5 Å². The van der Waals surface area contributed by atoms with Gasteiger partial charge < -0.3 is 15.2 Å². The molecule has 1 fully saturated rings. The Bertz CT molecular complexity index is 439. The summed E-state index contributed by atoms with van der Waals surface area (Å²) in [6.07, 6.45) is 6.78. The standard InChI is InChI=1S/C18H29NO2/c1-13-4-6-15(7-5-13)10-11-19-14(2)17-9-8-16(21-3)12-18(17)20/h8-9,12-15,19-20H,4-7,10-11H2,1-3H3. The monoisotopic (exact) mass is 291 g/mol. The Morgan fingerprint density at radius 3 is 2.62 bits per heavy atom. The summed E-state index contributed by atoms with van der Waals surface area (Å²) in [6.45, 7) is 5.49. The van der Waals surface area contributed by atoms with E-state index in [0.29, 0.717) is 11.5 Å². The van der Waals surface area contributed by atoms with Gasteiger partial charge in [-0.1, -0.05) is 38.7 Å². The fraction of sp³-hybridized carbons (Fsp3) is 0.667. The van der Waals surface area contributed by atoms with Gasteiger partial charge in [-0.05, 0) is 37.8 Å². The van der Waals surface area contributed by atoms with Crippen LogP contribution in [0.4, 0.5) is 0 Å². The van der Waals surface area contributed by atoms with Crippen LogP contribution in [0.25, 0.3) is 0 Å². The summed E-state index contributed by atoms with van der Waals surface area (Å²) in [5.74, 6) is 2.80. The summed E-state index contributed by atoms with van der Waals surface area (Å²) >= 11 is 0. The maximum absolute atomic E-state index is 10.1. The van der Waals surface area contributed by atoms with Crippen LogP contribution in [0.15, 0.2) is 18.2 Å². The normalized spacial score (nSPS) is 23.8. The molecular formula is C18H29NO2. The van der Waals surface area contributed by atoms with Crippen molar-refractivity contribution in [3.63, 3.8) is 0 Å². The van der Waals surface area contributed by atoms with Gasteiger partial charge in [-0.3, -0.25) is 0 Å². The van der Waals surface area contributed by atoms with Crippen LogP contribution in [-0.2, 0) is 0 Å². The molecule has 3 heteroatoms. The Morgan fingerprint density at radius 1 is 1.29 bits per heavy atom. The van der Waals surface area contributed by atoms with Gasteiger partial charge in [-0.2, -0.15) is 0 Å². The molecule has 0 spiro atoms. The van der Waals surface area contributed by atoms with E-state index in [-0.39, 0.29) is 6.04 Å². The molecule has 1 aromatic carbocycles. The molecule has 1 atom stereocenters. The van der Waals surface area contributed by atoms with Gasteiger partial charge in [0.2, 0.25) is 0 Å². The second-order valence-electron chi connectivity index (χ2n) is 6.52. The van der Waals surface area contributed by atoms with Gasteiger partial charge >= 0.3 is 0 Å². The summed E-state index contributed by atoms with van der Waals surface area (Å²) in [5, 5.41) is 13.6. The van der Waals surface area contributed by atoms with Crippen LogP contribution in [-0.4, -0.2) is 18.8 Å². The SMILES string of the molecule is COc1ccc(C(C)NCCC2CCC(C)CC2)c(O)c1. The maximum Gasteiger partial charge on any atom is 0.124 e. The highest BCUT2D eigenvalue weighted by Gasteiger charge is 2.18. The lowest BCUT2D eigenvalue weighted by Crippen LogP contribution is -2.23. The van der Waals surface area contributed by atoms with E-state index in [9.17, 15) is 5.11 Å². The third kappa shape index (κ3) is 4.63. The minimum absolute atomic E-state index is 0.165. The number of methoxy groups -OCH3 is 1. The summed E-state index contributed by atoms with van der Waals surface area (Å²) in [7, 11) is 1.61. The molecule has 0 aliphatic heterocycles. The number of phenols is 1. The van der Waals surface area contributed by atoms with Crippen molar-refractivity contribution >= 4 is 0 Å². The quantitative estimate of drug-likeness (QED) is 0.822. The molecule has 0 bridgehead atoms. The summed E-state index contributed by atoms with van der Waals surface area (Å²) in [5.41, 5.74) is 0.938. The molecule has 0 amide bonds. The molecule has 1 unspecified atom stereocenters. The molecular weight excluding hydrogens is 262 g/mol. The summed E-state index contributed by atoms with van der Waals surface area (Å²) in [6, 6.07) is 5.68. The molecule has 0 radical (unpaired) electrons. The van der Waals surface area contributed by atoms with E-state index >= 15 is 0 Å². The lowest BCUT2D eigenvalue weighted by atomic mass is 9.81. The highest BCUT2D eigenvalue weighted by Crippen LogP contribution is 2.31. The zero-order valence-electron chi connectivity index (χ0n) is 13.6. The van der Waals surface area contributed by atoms with E-state index in [1.165, 1.54) is 32.1 Å². The third-order valence-corrected chi connectivity index (χ3v) is 4.84. The zero-order chi connectivity index (χ0) is 15.2. The van der Waals surface area contributed by atoms with Crippen molar-refractivity contribution in [2.45, 2.75) is 52.0 Å². The third-order valence-electron chi connectivity index (χ3n) is 4.84. The molecule has 3 nitrogen and oxygen atoms in total. The van der Waals surface area contributed by atoms with Crippen LogP contribution in [0, 0.1) is 11.8 Å². The van der Waals surface area contributed by atoms with Crippen molar-refractivity contribution in [2.24, 2.45) is 11.8 Å². The first kappa shape index (κ1) is 16.2. The predicted molar refractivity (Wildman–Crippen MR) is 86.8 cm³/mol. The van der Waals surface area contributed by atoms with Gasteiger partial charge in [0.1, 0.15) is 11.5 Å². The van der Waals surface area contributed by atoms with Gasteiger partial charge in [0.25, 0.3) is 0 Å². The van der Waals surface area contributed by atoms with Crippen LogP contribution >= 0.6 is 0 Å². The Morgan fingerprint density at radius 2 is 2.00 bits per heavy atom. The van der Waals surface area contributed by atoms with Crippen molar-refractivity contribution in [2.75, 3.05) is 13.7 Å². The average Bonchev–Trinajstić information content (AvgIpc) is 2.49. The number of aromatic hydroxyl groups is 1. The minimum Gasteiger partial charge on any atom is -0.507 e. The minimum atomic E-state index is 0.165. The van der Waals surface area contributed by atoms with Crippen LogP contribution < -0.4 is 10.1 Å². The lowest BCUT2D eigenvalue weighted by Gasteiger charge is -2.26. The summed E-state index contributed by atoms with van der Waals surface area (Å²) in [4.78, 5) is 0. The van der Waals surface area contributed by atoms with Gasteiger partial charge in [-0.15, -0.1) is 0 Å². The Balaban J connectivity index is 1.78. The van der Waals surface area contributed by atoms with Crippen molar-refractivity contribution in [3.05, 3.63) is 23.8 Å². The molecule has 1 aliphatic carbocycles. The predicted octanol–water partition coefficient (Wildman–Crippen LogP) is 4.27.